The summed E-state index contributed by atoms with van der Waals surface area (Å²) in [4.78, 5) is 0. The molecule has 0 heterocycles. The molecule has 0 rings (SSSR count). The fourth-order valence-electron chi connectivity index (χ4n) is 1.33. The van der Waals surface area contributed by atoms with E-state index in [0.29, 0.717) is 0 Å². The first-order chi connectivity index (χ1) is 6.58. The van der Waals surface area contributed by atoms with Crippen LogP contribution in [-0.4, -0.2) is 6.29 Å². The van der Waals surface area contributed by atoms with Crippen LogP contribution < -0.4 is 0 Å². The Kier molecular flexibility index (Phi) is 6.09. The summed E-state index contributed by atoms with van der Waals surface area (Å²) in [7, 11) is 0. The van der Waals surface area contributed by atoms with Gasteiger partial charge in [-0.2, -0.15) is 0 Å². The summed E-state index contributed by atoms with van der Waals surface area (Å²) >= 11 is 0. The Morgan fingerprint density at radius 2 is 1.71 bits per heavy atom. The molecule has 0 saturated carbocycles. The summed E-state index contributed by atoms with van der Waals surface area (Å²) < 4.78 is 10.6. The number of unbranched alkanes of at least 4 members (excludes halogenated alkanes) is 1. The summed E-state index contributed by atoms with van der Waals surface area (Å²) in [6.45, 7) is 13.5. The summed E-state index contributed by atoms with van der Waals surface area (Å²) in [6.07, 6.45) is 5.96. The normalized spacial score (nSPS) is 11.1. The van der Waals surface area contributed by atoms with Gasteiger partial charge in [-0.25, -0.2) is 0 Å². The first-order valence-corrected chi connectivity index (χ1v) is 5.11. The van der Waals surface area contributed by atoms with E-state index in [9.17, 15) is 0 Å². The molecule has 0 aliphatic heterocycles. The number of ether oxygens (including phenoxy) is 2. The standard InChI is InChI=1S/C12H22O2/c1-6-9-10-12(4,5)11(13-7-2)14-8-3/h7-8,11H,2-3,6,9-10H2,1,4-5H3. The van der Waals surface area contributed by atoms with E-state index in [4.69, 9.17) is 9.47 Å². The smallest absolute Gasteiger partial charge is 0.244 e. The van der Waals surface area contributed by atoms with E-state index >= 15 is 0 Å². The van der Waals surface area contributed by atoms with Crippen molar-refractivity contribution in [2.45, 2.75) is 46.3 Å². The van der Waals surface area contributed by atoms with Gasteiger partial charge in [0.25, 0.3) is 0 Å². The Morgan fingerprint density at radius 1 is 1.21 bits per heavy atom. The van der Waals surface area contributed by atoms with Gasteiger partial charge < -0.3 is 9.47 Å². The molecule has 0 aromatic carbocycles. The highest BCUT2D eigenvalue weighted by Crippen LogP contribution is 2.30. The van der Waals surface area contributed by atoms with Crippen molar-refractivity contribution >= 4 is 0 Å². The van der Waals surface area contributed by atoms with Gasteiger partial charge in [0.15, 0.2) is 0 Å². The van der Waals surface area contributed by atoms with Gasteiger partial charge in [-0.1, -0.05) is 46.8 Å². The van der Waals surface area contributed by atoms with E-state index in [0.717, 1.165) is 6.42 Å². The van der Waals surface area contributed by atoms with Crippen molar-refractivity contribution in [3.63, 3.8) is 0 Å². The third-order valence-corrected chi connectivity index (χ3v) is 2.25. The molecular weight excluding hydrogens is 176 g/mol. The van der Waals surface area contributed by atoms with Crippen molar-refractivity contribution in [2.75, 3.05) is 0 Å². The third-order valence-electron chi connectivity index (χ3n) is 2.25. The number of rotatable bonds is 8. The van der Waals surface area contributed by atoms with Crippen LogP contribution in [0.25, 0.3) is 0 Å². The van der Waals surface area contributed by atoms with Crippen LogP contribution in [-0.2, 0) is 9.47 Å². The third kappa shape index (κ3) is 4.35. The molecule has 0 N–H and O–H groups in total. The first-order valence-electron chi connectivity index (χ1n) is 5.11. The van der Waals surface area contributed by atoms with E-state index in [-0.39, 0.29) is 11.7 Å². The second-order valence-electron chi connectivity index (χ2n) is 4.03. The molecule has 0 atom stereocenters. The molecule has 0 radical (unpaired) electrons. The molecule has 0 amide bonds. The molecule has 82 valence electrons. The number of hydrogen-bond donors (Lipinski definition) is 0. The van der Waals surface area contributed by atoms with Crippen molar-refractivity contribution in [3.05, 3.63) is 25.7 Å². The van der Waals surface area contributed by atoms with Crippen LogP contribution in [0.3, 0.4) is 0 Å². The quantitative estimate of drug-likeness (QED) is 0.435. The van der Waals surface area contributed by atoms with Crippen LogP contribution in [0.1, 0.15) is 40.0 Å². The van der Waals surface area contributed by atoms with Crippen LogP contribution in [0.2, 0.25) is 0 Å². The van der Waals surface area contributed by atoms with E-state index in [1.165, 1.54) is 25.4 Å². The van der Waals surface area contributed by atoms with Crippen LogP contribution >= 0.6 is 0 Å². The Morgan fingerprint density at radius 3 is 2.07 bits per heavy atom. The van der Waals surface area contributed by atoms with Gasteiger partial charge in [0.1, 0.15) is 0 Å². The molecule has 0 aliphatic rings. The molecule has 0 unspecified atom stereocenters. The second kappa shape index (κ2) is 6.52. The molecule has 14 heavy (non-hydrogen) atoms. The largest absolute Gasteiger partial charge is 0.463 e. The van der Waals surface area contributed by atoms with Gasteiger partial charge in [0, 0.05) is 5.41 Å². The van der Waals surface area contributed by atoms with Gasteiger partial charge in [0.05, 0.1) is 12.5 Å². The van der Waals surface area contributed by atoms with Crippen molar-refractivity contribution in [2.24, 2.45) is 5.41 Å². The van der Waals surface area contributed by atoms with Crippen molar-refractivity contribution in [3.8, 4) is 0 Å². The highest BCUT2D eigenvalue weighted by atomic mass is 16.7. The molecule has 0 saturated heterocycles. The van der Waals surface area contributed by atoms with Gasteiger partial charge in [-0.15, -0.1) is 0 Å². The fourth-order valence-corrected chi connectivity index (χ4v) is 1.33. The van der Waals surface area contributed by atoms with Crippen LogP contribution in [0, 0.1) is 5.41 Å². The molecular formula is C12H22O2. The molecule has 0 spiro atoms. The van der Waals surface area contributed by atoms with Crippen molar-refractivity contribution in [1.29, 1.82) is 0 Å². The Labute approximate surface area is 87.6 Å². The SMILES string of the molecule is C=COC(OC=C)C(C)(C)CCCC. The maximum Gasteiger partial charge on any atom is 0.244 e. The Hall–Kier alpha value is -0.920. The lowest BCUT2D eigenvalue weighted by Crippen LogP contribution is -2.32. The van der Waals surface area contributed by atoms with E-state index in [1.807, 2.05) is 0 Å². The zero-order chi connectivity index (χ0) is 11.0. The van der Waals surface area contributed by atoms with Crippen LogP contribution in [0.4, 0.5) is 0 Å². The summed E-state index contributed by atoms with van der Waals surface area (Å²) in [5.41, 5.74) is -0.0155. The van der Waals surface area contributed by atoms with E-state index in [1.54, 1.807) is 0 Å². The molecule has 0 aliphatic carbocycles. The Balaban J connectivity index is 4.26. The molecule has 0 aromatic rings. The van der Waals surface area contributed by atoms with E-state index < -0.39 is 0 Å². The average molecular weight is 198 g/mol. The lowest BCUT2D eigenvalue weighted by atomic mass is 9.86. The molecule has 0 fully saturated rings. The zero-order valence-electron chi connectivity index (χ0n) is 9.58. The van der Waals surface area contributed by atoms with Gasteiger partial charge in [0.2, 0.25) is 6.29 Å². The predicted molar refractivity (Wildman–Crippen MR) is 59.7 cm³/mol. The number of hydrogen-bond acceptors (Lipinski definition) is 2. The van der Waals surface area contributed by atoms with Crippen LogP contribution in [0.5, 0.6) is 0 Å². The zero-order valence-corrected chi connectivity index (χ0v) is 9.58. The molecule has 2 heteroatoms. The summed E-state index contributed by atoms with van der Waals surface area (Å²) in [5, 5.41) is 0. The summed E-state index contributed by atoms with van der Waals surface area (Å²) in [6, 6.07) is 0. The maximum atomic E-state index is 5.31. The average Bonchev–Trinajstić information content (AvgIpc) is 2.14. The lowest BCUT2D eigenvalue weighted by Gasteiger charge is -2.32. The van der Waals surface area contributed by atoms with Crippen molar-refractivity contribution in [1.82, 2.24) is 0 Å². The summed E-state index contributed by atoms with van der Waals surface area (Å²) in [5.74, 6) is 0. The minimum atomic E-state index is -0.288. The highest BCUT2D eigenvalue weighted by Gasteiger charge is 2.30. The minimum absolute atomic E-state index is 0.0155. The highest BCUT2D eigenvalue weighted by molar-refractivity contribution is 4.76. The monoisotopic (exact) mass is 198 g/mol. The molecule has 0 bridgehead atoms. The van der Waals surface area contributed by atoms with Gasteiger partial charge >= 0.3 is 0 Å². The molecule has 2 nitrogen and oxygen atoms in total. The van der Waals surface area contributed by atoms with E-state index in [2.05, 4.69) is 33.9 Å². The Bertz CT molecular complexity index is 163. The maximum absolute atomic E-state index is 5.31. The van der Waals surface area contributed by atoms with Gasteiger partial charge in [-0.05, 0) is 6.42 Å². The van der Waals surface area contributed by atoms with Crippen LogP contribution in [0.15, 0.2) is 25.7 Å². The minimum Gasteiger partial charge on any atom is -0.463 e. The van der Waals surface area contributed by atoms with Gasteiger partial charge in [-0.3, -0.25) is 0 Å². The predicted octanol–water partition coefficient (Wildman–Crippen LogP) is 3.85. The van der Waals surface area contributed by atoms with Crippen molar-refractivity contribution < 1.29 is 9.47 Å². The first kappa shape index (κ1) is 13.1. The lowest BCUT2D eigenvalue weighted by molar-refractivity contribution is -0.137. The topological polar surface area (TPSA) is 18.5 Å². The second-order valence-corrected chi connectivity index (χ2v) is 4.03. The fraction of sp³-hybridized carbons (Fsp3) is 0.667. The molecule has 0 aromatic heterocycles.